The summed E-state index contributed by atoms with van der Waals surface area (Å²) in [7, 11) is 0. The molecule has 0 unspecified atom stereocenters. The van der Waals surface area contributed by atoms with Crippen LogP contribution >= 0.6 is 0 Å². The predicted molar refractivity (Wildman–Crippen MR) is 44.1 cm³/mol. The number of pyridine rings is 1. The van der Waals surface area contributed by atoms with Gasteiger partial charge in [-0.15, -0.1) is 13.2 Å². The van der Waals surface area contributed by atoms with Crippen LogP contribution in [-0.4, -0.2) is 17.6 Å². The third-order valence-corrected chi connectivity index (χ3v) is 1.64. The zero-order valence-electron chi connectivity index (χ0n) is 7.85. The molecular weight excluding hydrogens is 253 g/mol. The smallest absolute Gasteiger partial charge is 0.403 e. The van der Waals surface area contributed by atoms with Crippen molar-refractivity contribution in [1.29, 1.82) is 0 Å². The highest BCUT2D eigenvalue weighted by Gasteiger charge is 2.33. The van der Waals surface area contributed by atoms with Crippen molar-refractivity contribution in [3.05, 3.63) is 27.7 Å². The van der Waals surface area contributed by atoms with Gasteiger partial charge in [-0.25, -0.2) is 8.78 Å². The Morgan fingerprint density at radius 3 is 2.35 bits per heavy atom. The standard InChI is InChI=1S/C8H4F5NO3/c9-6(10)3-1-5(17-8(11,12)13)4(2-15)14-7(3)16/h1-2,6H,(H,14,16). The number of aldehydes is 1. The molecular formula is C8H4F5NO3. The monoisotopic (exact) mass is 257 g/mol. The molecule has 0 aliphatic carbocycles. The average Bonchev–Trinajstić information content (AvgIpc) is 2.17. The molecule has 0 atom stereocenters. The lowest BCUT2D eigenvalue weighted by atomic mass is 10.2. The Morgan fingerprint density at radius 1 is 1.35 bits per heavy atom. The Morgan fingerprint density at radius 2 is 1.94 bits per heavy atom. The molecule has 17 heavy (non-hydrogen) atoms. The minimum Gasteiger partial charge on any atom is -0.403 e. The summed E-state index contributed by atoms with van der Waals surface area (Å²) in [5, 5.41) is 0. The molecule has 4 nitrogen and oxygen atoms in total. The highest BCUT2D eigenvalue weighted by molar-refractivity contribution is 5.76. The number of hydrogen-bond donors (Lipinski definition) is 1. The summed E-state index contributed by atoms with van der Waals surface area (Å²) in [5.74, 6) is -1.18. The first kappa shape index (κ1) is 13.1. The van der Waals surface area contributed by atoms with Gasteiger partial charge in [0.15, 0.2) is 12.0 Å². The van der Waals surface area contributed by atoms with Crippen LogP contribution in [0.25, 0.3) is 0 Å². The van der Waals surface area contributed by atoms with Crippen molar-refractivity contribution < 1.29 is 31.5 Å². The van der Waals surface area contributed by atoms with E-state index in [4.69, 9.17) is 0 Å². The number of aromatic nitrogens is 1. The van der Waals surface area contributed by atoms with E-state index < -0.39 is 35.4 Å². The molecule has 0 radical (unpaired) electrons. The minimum atomic E-state index is -5.16. The van der Waals surface area contributed by atoms with Crippen molar-refractivity contribution >= 4 is 6.29 Å². The molecule has 1 aromatic rings. The van der Waals surface area contributed by atoms with Crippen LogP contribution in [0, 0.1) is 0 Å². The van der Waals surface area contributed by atoms with E-state index in [2.05, 4.69) is 4.74 Å². The number of halogens is 5. The fraction of sp³-hybridized carbons (Fsp3) is 0.250. The van der Waals surface area contributed by atoms with Gasteiger partial charge < -0.3 is 9.72 Å². The second-order valence-electron chi connectivity index (χ2n) is 2.80. The quantitative estimate of drug-likeness (QED) is 0.665. The van der Waals surface area contributed by atoms with Gasteiger partial charge >= 0.3 is 6.36 Å². The molecule has 1 N–H and O–H groups in total. The molecule has 0 saturated carbocycles. The van der Waals surface area contributed by atoms with Gasteiger partial charge in [-0.05, 0) is 6.07 Å². The first-order valence-electron chi connectivity index (χ1n) is 4.01. The van der Waals surface area contributed by atoms with Gasteiger partial charge in [0.1, 0.15) is 5.69 Å². The van der Waals surface area contributed by atoms with Gasteiger partial charge in [-0.1, -0.05) is 0 Å². The van der Waals surface area contributed by atoms with Crippen molar-refractivity contribution in [1.82, 2.24) is 4.98 Å². The summed E-state index contributed by atoms with van der Waals surface area (Å²) in [4.78, 5) is 22.8. The SMILES string of the molecule is O=Cc1[nH]c(=O)c(C(F)F)cc1OC(F)(F)F. The molecule has 0 aliphatic heterocycles. The maximum Gasteiger partial charge on any atom is 0.573 e. The van der Waals surface area contributed by atoms with E-state index in [1.54, 1.807) is 4.98 Å². The molecule has 0 aromatic carbocycles. The Hall–Kier alpha value is -1.93. The first-order valence-corrected chi connectivity index (χ1v) is 4.01. The zero-order chi connectivity index (χ0) is 13.2. The number of carbonyl (C=O) groups excluding carboxylic acids is 1. The fourth-order valence-corrected chi connectivity index (χ4v) is 0.999. The number of carbonyl (C=O) groups is 1. The summed E-state index contributed by atoms with van der Waals surface area (Å²) in [6, 6.07) is 0.181. The van der Waals surface area contributed by atoms with Crippen molar-refractivity contribution in [2.75, 3.05) is 0 Å². The van der Waals surface area contributed by atoms with Gasteiger partial charge in [0, 0.05) is 0 Å². The summed E-state index contributed by atoms with van der Waals surface area (Å²) in [5.41, 5.74) is -3.43. The molecule has 0 aliphatic rings. The van der Waals surface area contributed by atoms with Crippen LogP contribution in [0.15, 0.2) is 10.9 Å². The lowest BCUT2D eigenvalue weighted by Crippen LogP contribution is -2.22. The highest BCUT2D eigenvalue weighted by Crippen LogP contribution is 2.26. The number of nitrogens with one attached hydrogen (secondary N) is 1. The Bertz CT molecular complexity index is 479. The topological polar surface area (TPSA) is 59.2 Å². The van der Waals surface area contributed by atoms with E-state index in [-0.39, 0.29) is 12.4 Å². The Kier molecular flexibility index (Phi) is 3.49. The van der Waals surface area contributed by atoms with Gasteiger partial charge in [0.2, 0.25) is 0 Å². The maximum absolute atomic E-state index is 12.2. The van der Waals surface area contributed by atoms with Crippen molar-refractivity contribution in [2.45, 2.75) is 12.8 Å². The van der Waals surface area contributed by atoms with Crippen LogP contribution < -0.4 is 10.3 Å². The number of hydrogen-bond acceptors (Lipinski definition) is 3. The van der Waals surface area contributed by atoms with Crippen LogP contribution in [0.5, 0.6) is 5.75 Å². The van der Waals surface area contributed by atoms with Crippen LogP contribution in [0.4, 0.5) is 22.0 Å². The number of H-pyrrole nitrogens is 1. The van der Waals surface area contributed by atoms with E-state index in [0.717, 1.165) is 0 Å². The molecule has 1 heterocycles. The van der Waals surface area contributed by atoms with E-state index in [1.165, 1.54) is 0 Å². The Balaban J connectivity index is 3.32. The minimum absolute atomic E-state index is 0.141. The third kappa shape index (κ3) is 3.26. The van der Waals surface area contributed by atoms with Crippen LogP contribution in [-0.2, 0) is 0 Å². The number of alkyl halides is 5. The molecule has 1 rings (SSSR count). The van der Waals surface area contributed by atoms with Gasteiger partial charge in [-0.2, -0.15) is 0 Å². The lowest BCUT2D eigenvalue weighted by Gasteiger charge is -2.11. The fourth-order valence-electron chi connectivity index (χ4n) is 0.999. The number of aromatic amines is 1. The third-order valence-electron chi connectivity index (χ3n) is 1.64. The second kappa shape index (κ2) is 4.52. The van der Waals surface area contributed by atoms with Crippen LogP contribution in [0.1, 0.15) is 22.5 Å². The zero-order valence-corrected chi connectivity index (χ0v) is 7.85. The number of ether oxygens (including phenoxy) is 1. The van der Waals surface area contributed by atoms with Crippen LogP contribution in [0.2, 0.25) is 0 Å². The largest absolute Gasteiger partial charge is 0.573 e. The van der Waals surface area contributed by atoms with E-state index in [9.17, 15) is 31.5 Å². The van der Waals surface area contributed by atoms with E-state index in [0.29, 0.717) is 0 Å². The molecule has 0 bridgehead atoms. The van der Waals surface area contributed by atoms with E-state index >= 15 is 0 Å². The molecule has 9 heteroatoms. The second-order valence-corrected chi connectivity index (χ2v) is 2.80. The van der Waals surface area contributed by atoms with Gasteiger partial charge in [0.25, 0.3) is 12.0 Å². The van der Waals surface area contributed by atoms with E-state index in [1.807, 2.05) is 0 Å². The maximum atomic E-state index is 12.2. The highest BCUT2D eigenvalue weighted by atomic mass is 19.4. The van der Waals surface area contributed by atoms with Gasteiger partial charge in [-0.3, -0.25) is 9.59 Å². The average molecular weight is 257 g/mol. The summed E-state index contributed by atoms with van der Waals surface area (Å²) in [6.45, 7) is 0. The molecule has 94 valence electrons. The lowest BCUT2D eigenvalue weighted by molar-refractivity contribution is -0.274. The molecule has 0 saturated heterocycles. The van der Waals surface area contributed by atoms with Crippen molar-refractivity contribution in [2.24, 2.45) is 0 Å². The van der Waals surface area contributed by atoms with Crippen molar-refractivity contribution in [3.63, 3.8) is 0 Å². The van der Waals surface area contributed by atoms with Crippen LogP contribution in [0.3, 0.4) is 0 Å². The molecule has 0 fully saturated rings. The summed E-state index contributed by atoms with van der Waals surface area (Å²) < 4.78 is 63.4. The Labute approximate surface area is 90.0 Å². The van der Waals surface area contributed by atoms with Gasteiger partial charge in [0.05, 0.1) is 5.56 Å². The molecule has 1 aromatic heterocycles. The van der Waals surface area contributed by atoms with Crippen molar-refractivity contribution in [3.8, 4) is 5.75 Å². The number of rotatable bonds is 3. The summed E-state index contributed by atoms with van der Waals surface area (Å²) >= 11 is 0. The molecule has 0 amide bonds. The molecule has 0 spiro atoms. The summed E-state index contributed by atoms with van der Waals surface area (Å²) in [6.07, 6.45) is -8.58. The first-order chi connectivity index (χ1) is 7.74. The normalized spacial score (nSPS) is 11.6. The predicted octanol–water partition coefficient (Wildman–Crippen LogP) is 2.02.